The fourth-order valence-corrected chi connectivity index (χ4v) is 2.36. The van der Waals surface area contributed by atoms with Crippen molar-refractivity contribution in [2.24, 2.45) is 0 Å². The molecule has 21 heavy (non-hydrogen) atoms. The maximum Gasteiger partial charge on any atom is 0.390 e. The van der Waals surface area contributed by atoms with Crippen LogP contribution in [0.15, 0.2) is 30.3 Å². The number of nitrogens with one attached hydrogen (secondary N) is 1. The molecule has 0 bridgehead atoms. The molecule has 0 aliphatic carbocycles. The van der Waals surface area contributed by atoms with Crippen LogP contribution < -0.4 is 10.2 Å². The predicted molar refractivity (Wildman–Crippen MR) is 70.6 cm³/mol. The van der Waals surface area contributed by atoms with Gasteiger partial charge in [0, 0.05) is 6.04 Å². The molecule has 0 spiro atoms. The van der Waals surface area contributed by atoms with Gasteiger partial charge in [0.1, 0.15) is 0 Å². The summed E-state index contributed by atoms with van der Waals surface area (Å²) in [5.74, 6) is -0.928. The molecule has 1 N–H and O–H groups in total. The number of rotatable bonds is 4. The average molecular weight is 300 g/mol. The van der Waals surface area contributed by atoms with Crippen LogP contribution in [0.5, 0.6) is 0 Å². The fraction of sp³-hybridized carbons (Fsp3) is 0.429. The van der Waals surface area contributed by atoms with Gasteiger partial charge in [-0.25, -0.2) is 4.90 Å². The van der Waals surface area contributed by atoms with E-state index in [1.54, 1.807) is 30.3 Å². The molecule has 1 saturated heterocycles. The fourth-order valence-electron chi connectivity index (χ4n) is 2.36. The summed E-state index contributed by atoms with van der Waals surface area (Å²) >= 11 is 0. The quantitative estimate of drug-likeness (QED) is 0.868. The zero-order valence-corrected chi connectivity index (χ0v) is 11.4. The summed E-state index contributed by atoms with van der Waals surface area (Å²) < 4.78 is 36.9. The van der Waals surface area contributed by atoms with E-state index in [2.05, 4.69) is 5.32 Å². The van der Waals surface area contributed by atoms with Gasteiger partial charge in [0.25, 0.3) is 5.91 Å². The molecule has 2 atom stereocenters. The van der Waals surface area contributed by atoms with Crippen LogP contribution in [0, 0.1) is 0 Å². The number of anilines is 1. The Kier molecular flexibility index (Phi) is 4.32. The van der Waals surface area contributed by atoms with Crippen LogP contribution >= 0.6 is 0 Å². The van der Waals surface area contributed by atoms with E-state index in [0.29, 0.717) is 5.69 Å². The van der Waals surface area contributed by atoms with E-state index in [-0.39, 0.29) is 6.42 Å². The van der Waals surface area contributed by atoms with Gasteiger partial charge < -0.3 is 5.32 Å². The summed E-state index contributed by atoms with van der Waals surface area (Å²) in [7, 11) is 0. The van der Waals surface area contributed by atoms with E-state index in [1.165, 1.54) is 6.92 Å². The highest BCUT2D eigenvalue weighted by Gasteiger charge is 2.41. The Morgan fingerprint density at radius 3 is 2.48 bits per heavy atom. The van der Waals surface area contributed by atoms with Crippen molar-refractivity contribution in [2.45, 2.75) is 38.0 Å². The minimum Gasteiger partial charge on any atom is -0.303 e. The lowest BCUT2D eigenvalue weighted by atomic mass is 10.1. The topological polar surface area (TPSA) is 49.4 Å². The number of para-hydroxylation sites is 1. The number of hydrogen-bond donors (Lipinski definition) is 1. The highest BCUT2D eigenvalue weighted by atomic mass is 19.4. The molecule has 1 heterocycles. The number of hydrogen-bond acceptors (Lipinski definition) is 3. The Labute approximate surface area is 119 Å². The van der Waals surface area contributed by atoms with Crippen LogP contribution in [0.4, 0.5) is 18.9 Å². The number of alkyl halides is 3. The highest BCUT2D eigenvalue weighted by molar-refractivity contribution is 6.22. The van der Waals surface area contributed by atoms with E-state index in [0.717, 1.165) is 4.90 Å². The van der Waals surface area contributed by atoms with Gasteiger partial charge in [0.05, 0.1) is 24.6 Å². The van der Waals surface area contributed by atoms with Crippen LogP contribution in [-0.4, -0.2) is 30.1 Å². The van der Waals surface area contributed by atoms with Crippen molar-refractivity contribution in [2.75, 3.05) is 4.90 Å². The van der Waals surface area contributed by atoms with Crippen LogP contribution in [-0.2, 0) is 9.59 Å². The van der Waals surface area contributed by atoms with Crippen molar-refractivity contribution in [1.29, 1.82) is 0 Å². The van der Waals surface area contributed by atoms with Gasteiger partial charge in [0.2, 0.25) is 5.91 Å². The molecule has 2 rings (SSSR count). The molecule has 4 nitrogen and oxygen atoms in total. The number of carbonyl (C=O) groups is 2. The van der Waals surface area contributed by atoms with E-state index in [1.807, 2.05) is 0 Å². The third-order valence-electron chi connectivity index (χ3n) is 3.18. The number of imide groups is 1. The van der Waals surface area contributed by atoms with Gasteiger partial charge in [-0.05, 0) is 19.1 Å². The van der Waals surface area contributed by atoms with Crippen LogP contribution in [0.2, 0.25) is 0 Å². The maximum atomic E-state index is 12.3. The Morgan fingerprint density at radius 1 is 1.29 bits per heavy atom. The molecular formula is C14H15F3N2O2. The predicted octanol–water partition coefficient (Wildman–Crippen LogP) is 2.25. The van der Waals surface area contributed by atoms with Crippen molar-refractivity contribution >= 4 is 17.5 Å². The van der Waals surface area contributed by atoms with Crippen LogP contribution in [0.25, 0.3) is 0 Å². The first-order valence-corrected chi connectivity index (χ1v) is 6.52. The first-order valence-electron chi connectivity index (χ1n) is 6.52. The molecule has 1 aromatic carbocycles. The first-order chi connectivity index (χ1) is 9.78. The molecule has 114 valence electrons. The third-order valence-corrected chi connectivity index (χ3v) is 3.18. The molecule has 1 aliphatic rings. The zero-order chi connectivity index (χ0) is 15.6. The van der Waals surface area contributed by atoms with Gasteiger partial charge in [-0.2, -0.15) is 13.2 Å². The molecule has 0 saturated carbocycles. The molecular weight excluding hydrogens is 285 g/mol. The second kappa shape index (κ2) is 5.85. The molecule has 2 amide bonds. The van der Waals surface area contributed by atoms with Gasteiger partial charge in [0.15, 0.2) is 0 Å². The molecule has 0 radical (unpaired) electrons. The Morgan fingerprint density at radius 2 is 1.90 bits per heavy atom. The number of nitrogens with zero attached hydrogens (tertiary/aromatic N) is 1. The summed E-state index contributed by atoms with van der Waals surface area (Å²) in [6, 6.07) is 6.49. The minimum absolute atomic E-state index is 0.129. The maximum absolute atomic E-state index is 12.3. The smallest absolute Gasteiger partial charge is 0.303 e. The Balaban J connectivity index is 2.05. The van der Waals surface area contributed by atoms with Gasteiger partial charge >= 0.3 is 6.18 Å². The third kappa shape index (κ3) is 3.81. The Bertz CT molecular complexity index is 531. The van der Waals surface area contributed by atoms with E-state index in [9.17, 15) is 22.8 Å². The lowest BCUT2D eigenvalue weighted by Gasteiger charge is -2.20. The standard InChI is InChI=1S/C14H15F3N2O2/c1-9(8-14(15,16)17)18-11-7-12(20)19(13(11)21)10-5-3-2-4-6-10/h2-6,9,11,18H,7-8H2,1H3. The van der Waals surface area contributed by atoms with Crippen molar-refractivity contribution in [3.05, 3.63) is 30.3 Å². The monoisotopic (exact) mass is 300 g/mol. The normalized spacial score (nSPS) is 21.0. The molecule has 1 aromatic rings. The zero-order valence-electron chi connectivity index (χ0n) is 11.4. The second-order valence-corrected chi connectivity index (χ2v) is 5.05. The Hall–Kier alpha value is -1.89. The van der Waals surface area contributed by atoms with Crippen molar-refractivity contribution in [1.82, 2.24) is 5.32 Å². The lowest BCUT2D eigenvalue weighted by molar-refractivity contribution is -0.140. The van der Waals surface area contributed by atoms with E-state index >= 15 is 0 Å². The van der Waals surface area contributed by atoms with Crippen molar-refractivity contribution in [3.8, 4) is 0 Å². The van der Waals surface area contributed by atoms with Gasteiger partial charge in [-0.15, -0.1) is 0 Å². The summed E-state index contributed by atoms with van der Waals surface area (Å²) in [4.78, 5) is 25.1. The molecule has 1 fully saturated rings. The van der Waals surface area contributed by atoms with Gasteiger partial charge in [-0.1, -0.05) is 18.2 Å². The number of halogens is 3. The second-order valence-electron chi connectivity index (χ2n) is 5.05. The summed E-state index contributed by atoms with van der Waals surface area (Å²) in [5, 5.41) is 2.58. The largest absolute Gasteiger partial charge is 0.390 e. The van der Waals surface area contributed by atoms with E-state index < -0.39 is 36.5 Å². The van der Waals surface area contributed by atoms with E-state index in [4.69, 9.17) is 0 Å². The molecule has 7 heteroatoms. The summed E-state index contributed by atoms with van der Waals surface area (Å²) in [6.45, 7) is 1.34. The number of amides is 2. The SMILES string of the molecule is CC(CC(F)(F)F)NC1CC(=O)N(c2ccccc2)C1=O. The average Bonchev–Trinajstić information content (AvgIpc) is 2.63. The summed E-state index contributed by atoms with van der Waals surface area (Å²) in [5.41, 5.74) is 0.431. The van der Waals surface area contributed by atoms with Crippen molar-refractivity contribution in [3.63, 3.8) is 0 Å². The number of carbonyl (C=O) groups excluding carboxylic acids is 2. The van der Waals surface area contributed by atoms with Gasteiger partial charge in [-0.3, -0.25) is 9.59 Å². The first kappa shape index (κ1) is 15.5. The lowest BCUT2D eigenvalue weighted by Crippen LogP contribution is -2.44. The highest BCUT2D eigenvalue weighted by Crippen LogP contribution is 2.25. The number of benzene rings is 1. The molecule has 2 unspecified atom stereocenters. The van der Waals surface area contributed by atoms with Crippen LogP contribution in [0.3, 0.4) is 0 Å². The van der Waals surface area contributed by atoms with Crippen molar-refractivity contribution < 1.29 is 22.8 Å². The summed E-state index contributed by atoms with van der Waals surface area (Å²) in [6.07, 6.45) is -5.48. The molecule has 0 aromatic heterocycles. The van der Waals surface area contributed by atoms with Crippen LogP contribution in [0.1, 0.15) is 19.8 Å². The minimum atomic E-state index is -4.31. The molecule has 1 aliphatic heterocycles.